The van der Waals surface area contributed by atoms with Crippen molar-refractivity contribution in [2.24, 2.45) is 5.92 Å². The third kappa shape index (κ3) is 3.66. The van der Waals surface area contributed by atoms with Crippen molar-refractivity contribution in [3.05, 3.63) is 0 Å². The molecule has 2 atom stereocenters. The fourth-order valence-electron chi connectivity index (χ4n) is 2.42. The molecule has 2 heterocycles. The Balaban J connectivity index is 1.77. The molecule has 2 fully saturated rings. The molecular formula is C12H22N2O3. The van der Waals surface area contributed by atoms with E-state index >= 15 is 0 Å². The SMILES string of the molecule is CN(CC1CCCOC1)C(=O)C1COCCN1. The average Bonchev–Trinajstić information content (AvgIpc) is 2.40. The average molecular weight is 242 g/mol. The zero-order valence-electron chi connectivity index (χ0n) is 10.5. The monoisotopic (exact) mass is 242 g/mol. The van der Waals surface area contributed by atoms with Crippen LogP contribution in [0, 0.1) is 5.92 Å². The van der Waals surface area contributed by atoms with Gasteiger partial charge in [-0.2, -0.15) is 0 Å². The van der Waals surface area contributed by atoms with Crippen LogP contribution in [0.15, 0.2) is 0 Å². The Morgan fingerprint density at radius 1 is 1.35 bits per heavy atom. The largest absolute Gasteiger partial charge is 0.381 e. The van der Waals surface area contributed by atoms with Gasteiger partial charge in [-0.25, -0.2) is 0 Å². The summed E-state index contributed by atoms with van der Waals surface area (Å²) in [4.78, 5) is 13.9. The summed E-state index contributed by atoms with van der Waals surface area (Å²) in [5.74, 6) is 0.623. The summed E-state index contributed by atoms with van der Waals surface area (Å²) in [7, 11) is 1.87. The Hall–Kier alpha value is -0.650. The maximum absolute atomic E-state index is 12.1. The lowest BCUT2D eigenvalue weighted by Gasteiger charge is -2.31. The number of hydrogen-bond acceptors (Lipinski definition) is 4. The number of ether oxygens (including phenoxy) is 2. The Morgan fingerprint density at radius 2 is 2.18 bits per heavy atom. The summed E-state index contributed by atoms with van der Waals surface area (Å²) in [5, 5.41) is 3.19. The molecule has 2 unspecified atom stereocenters. The van der Waals surface area contributed by atoms with E-state index in [2.05, 4.69) is 5.32 Å². The van der Waals surface area contributed by atoms with Crippen molar-refractivity contribution in [3.63, 3.8) is 0 Å². The van der Waals surface area contributed by atoms with Gasteiger partial charge in [-0.1, -0.05) is 0 Å². The second kappa shape index (κ2) is 6.33. The molecular weight excluding hydrogens is 220 g/mol. The van der Waals surface area contributed by atoms with Gasteiger partial charge in [0, 0.05) is 26.7 Å². The van der Waals surface area contributed by atoms with E-state index in [4.69, 9.17) is 9.47 Å². The molecule has 2 aliphatic rings. The van der Waals surface area contributed by atoms with Crippen LogP contribution in [0.4, 0.5) is 0 Å². The van der Waals surface area contributed by atoms with Crippen LogP contribution in [-0.2, 0) is 14.3 Å². The fraction of sp³-hybridized carbons (Fsp3) is 0.917. The molecule has 1 N–H and O–H groups in total. The van der Waals surface area contributed by atoms with Crippen molar-refractivity contribution < 1.29 is 14.3 Å². The Morgan fingerprint density at radius 3 is 2.82 bits per heavy atom. The number of likely N-dealkylation sites (N-methyl/N-ethyl adjacent to an activating group) is 1. The molecule has 17 heavy (non-hydrogen) atoms. The molecule has 0 aliphatic carbocycles. The van der Waals surface area contributed by atoms with Crippen molar-refractivity contribution in [1.82, 2.24) is 10.2 Å². The van der Waals surface area contributed by atoms with Crippen molar-refractivity contribution >= 4 is 5.91 Å². The predicted molar refractivity (Wildman–Crippen MR) is 63.8 cm³/mol. The number of carbonyl (C=O) groups is 1. The third-order valence-corrected chi connectivity index (χ3v) is 3.38. The first-order valence-electron chi connectivity index (χ1n) is 6.41. The highest BCUT2D eigenvalue weighted by Gasteiger charge is 2.26. The number of morpholine rings is 1. The molecule has 0 aromatic heterocycles. The summed E-state index contributed by atoms with van der Waals surface area (Å²) in [6.45, 7) is 4.39. The van der Waals surface area contributed by atoms with Gasteiger partial charge < -0.3 is 19.7 Å². The zero-order valence-corrected chi connectivity index (χ0v) is 10.5. The van der Waals surface area contributed by atoms with Crippen molar-refractivity contribution in [1.29, 1.82) is 0 Å². The first-order chi connectivity index (χ1) is 8.27. The van der Waals surface area contributed by atoms with Crippen molar-refractivity contribution in [3.8, 4) is 0 Å². The zero-order chi connectivity index (χ0) is 12.1. The Kier molecular flexibility index (Phi) is 4.76. The van der Waals surface area contributed by atoms with E-state index in [1.807, 2.05) is 11.9 Å². The van der Waals surface area contributed by atoms with Crippen LogP contribution < -0.4 is 5.32 Å². The first kappa shape index (κ1) is 12.8. The van der Waals surface area contributed by atoms with Gasteiger partial charge in [0.2, 0.25) is 5.91 Å². The molecule has 98 valence electrons. The van der Waals surface area contributed by atoms with Crippen LogP contribution in [0.1, 0.15) is 12.8 Å². The fourth-order valence-corrected chi connectivity index (χ4v) is 2.42. The van der Waals surface area contributed by atoms with Crippen LogP contribution in [0.25, 0.3) is 0 Å². The third-order valence-electron chi connectivity index (χ3n) is 3.38. The molecule has 0 aromatic rings. The summed E-state index contributed by atoms with van der Waals surface area (Å²) in [6.07, 6.45) is 2.27. The van der Waals surface area contributed by atoms with Crippen LogP contribution in [-0.4, -0.2) is 63.4 Å². The van der Waals surface area contributed by atoms with E-state index in [0.29, 0.717) is 19.1 Å². The molecule has 1 amide bonds. The quantitative estimate of drug-likeness (QED) is 0.748. The lowest BCUT2D eigenvalue weighted by atomic mass is 10.0. The standard InChI is InChI=1S/C12H22N2O3/c1-14(7-10-3-2-5-16-8-10)12(15)11-9-17-6-4-13-11/h10-11,13H,2-9H2,1H3. The van der Waals surface area contributed by atoms with E-state index in [9.17, 15) is 4.79 Å². The van der Waals surface area contributed by atoms with Gasteiger partial charge in [-0.15, -0.1) is 0 Å². The molecule has 2 rings (SSSR count). The minimum atomic E-state index is -0.168. The maximum atomic E-state index is 12.1. The lowest BCUT2D eigenvalue weighted by Crippen LogP contribution is -2.52. The smallest absolute Gasteiger partial charge is 0.241 e. The van der Waals surface area contributed by atoms with Crippen LogP contribution >= 0.6 is 0 Å². The highest BCUT2D eigenvalue weighted by molar-refractivity contribution is 5.81. The molecule has 0 bridgehead atoms. The Bertz CT molecular complexity index is 248. The van der Waals surface area contributed by atoms with E-state index < -0.39 is 0 Å². The number of amides is 1. The number of nitrogens with one attached hydrogen (secondary N) is 1. The topological polar surface area (TPSA) is 50.8 Å². The van der Waals surface area contributed by atoms with Gasteiger partial charge in [0.25, 0.3) is 0 Å². The minimum absolute atomic E-state index is 0.135. The van der Waals surface area contributed by atoms with E-state index in [1.54, 1.807) is 0 Å². The molecule has 5 heteroatoms. The Labute approximate surface area is 102 Å². The minimum Gasteiger partial charge on any atom is -0.381 e. The molecule has 2 saturated heterocycles. The molecule has 2 aliphatic heterocycles. The highest BCUT2D eigenvalue weighted by Crippen LogP contribution is 2.14. The van der Waals surface area contributed by atoms with Crippen LogP contribution in [0.3, 0.4) is 0 Å². The normalized spacial score (nSPS) is 29.9. The van der Waals surface area contributed by atoms with Crippen LogP contribution in [0.2, 0.25) is 0 Å². The van der Waals surface area contributed by atoms with Crippen LogP contribution in [0.5, 0.6) is 0 Å². The summed E-state index contributed by atoms with van der Waals surface area (Å²) in [6, 6.07) is -0.168. The van der Waals surface area contributed by atoms with Gasteiger partial charge in [-0.3, -0.25) is 4.79 Å². The van der Waals surface area contributed by atoms with Gasteiger partial charge >= 0.3 is 0 Å². The molecule has 0 saturated carbocycles. The number of hydrogen-bond donors (Lipinski definition) is 1. The molecule has 0 aromatic carbocycles. The van der Waals surface area contributed by atoms with Gasteiger partial charge in [-0.05, 0) is 18.8 Å². The highest BCUT2D eigenvalue weighted by atomic mass is 16.5. The molecule has 0 radical (unpaired) electrons. The van der Waals surface area contributed by atoms with E-state index in [-0.39, 0.29) is 11.9 Å². The second-order valence-electron chi connectivity index (χ2n) is 4.88. The van der Waals surface area contributed by atoms with Gasteiger partial charge in [0.05, 0.1) is 19.8 Å². The molecule has 0 spiro atoms. The summed E-state index contributed by atoms with van der Waals surface area (Å²) in [5.41, 5.74) is 0. The lowest BCUT2D eigenvalue weighted by molar-refractivity contribution is -0.136. The summed E-state index contributed by atoms with van der Waals surface area (Å²) >= 11 is 0. The van der Waals surface area contributed by atoms with E-state index in [1.165, 1.54) is 0 Å². The van der Waals surface area contributed by atoms with E-state index in [0.717, 1.165) is 39.1 Å². The number of rotatable bonds is 3. The maximum Gasteiger partial charge on any atom is 0.241 e. The van der Waals surface area contributed by atoms with Crippen molar-refractivity contribution in [2.45, 2.75) is 18.9 Å². The predicted octanol–water partition coefficient (Wildman–Crippen LogP) is -0.140. The van der Waals surface area contributed by atoms with Crippen molar-refractivity contribution in [2.75, 3.05) is 46.6 Å². The first-order valence-corrected chi connectivity index (χ1v) is 6.41. The van der Waals surface area contributed by atoms with Gasteiger partial charge in [0.1, 0.15) is 6.04 Å². The molecule has 5 nitrogen and oxygen atoms in total. The van der Waals surface area contributed by atoms with Gasteiger partial charge in [0.15, 0.2) is 0 Å². The number of nitrogens with zero attached hydrogens (tertiary/aromatic N) is 1. The second-order valence-corrected chi connectivity index (χ2v) is 4.88. The summed E-state index contributed by atoms with van der Waals surface area (Å²) < 4.78 is 10.7. The number of carbonyl (C=O) groups excluding carboxylic acids is 1.